The third-order valence-corrected chi connectivity index (χ3v) is 3.92. The fourth-order valence-electron chi connectivity index (χ4n) is 2.70. The molecule has 4 heteroatoms. The molecule has 106 valence electrons. The predicted octanol–water partition coefficient (Wildman–Crippen LogP) is 1.72. The molecule has 18 heavy (non-hydrogen) atoms. The standard InChI is InChI=1S/C14H26O4/c1-5-8-12-10(6-2)9-17-14(4,18-12)11(7-3)13(15)16/h10-12H,5-9H2,1-4H3,(H,15,16)/p-1. The highest BCUT2D eigenvalue weighted by molar-refractivity contribution is 5.68. The smallest absolute Gasteiger partial charge is 0.173 e. The van der Waals surface area contributed by atoms with Crippen LogP contribution in [0.5, 0.6) is 0 Å². The van der Waals surface area contributed by atoms with Crippen molar-refractivity contribution in [1.29, 1.82) is 0 Å². The molecule has 0 bridgehead atoms. The molecule has 1 rings (SSSR count). The Balaban J connectivity index is 2.81. The minimum Gasteiger partial charge on any atom is -0.550 e. The topological polar surface area (TPSA) is 58.6 Å². The highest BCUT2D eigenvalue weighted by Crippen LogP contribution is 2.36. The van der Waals surface area contributed by atoms with Gasteiger partial charge in [-0.3, -0.25) is 0 Å². The van der Waals surface area contributed by atoms with Crippen LogP contribution in [0.4, 0.5) is 0 Å². The minimum absolute atomic E-state index is 0.0900. The molecule has 4 nitrogen and oxygen atoms in total. The summed E-state index contributed by atoms with van der Waals surface area (Å²) in [6.45, 7) is 8.34. The fourth-order valence-corrected chi connectivity index (χ4v) is 2.70. The van der Waals surface area contributed by atoms with Gasteiger partial charge in [0.1, 0.15) is 0 Å². The lowest BCUT2D eigenvalue weighted by Gasteiger charge is -2.46. The highest BCUT2D eigenvalue weighted by atomic mass is 16.7. The Morgan fingerprint density at radius 3 is 2.56 bits per heavy atom. The Kier molecular flexibility index (Phi) is 5.60. The fraction of sp³-hybridized carbons (Fsp3) is 0.929. The van der Waals surface area contributed by atoms with E-state index in [1.807, 2.05) is 6.92 Å². The van der Waals surface area contributed by atoms with E-state index in [1.54, 1.807) is 6.92 Å². The number of carboxylic acid groups (broad SMARTS) is 1. The van der Waals surface area contributed by atoms with Gasteiger partial charge in [-0.15, -0.1) is 0 Å². The Morgan fingerprint density at radius 1 is 1.44 bits per heavy atom. The maximum Gasteiger partial charge on any atom is 0.173 e. The van der Waals surface area contributed by atoms with Gasteiger partial charge in [-0.05, 0) is 26.2 Å². The summed E-state index contributed by atoms with van der Waals surface area (Å²) in [4.78, 5) is 11.2. The lowest BCUT2D eigenvalue weighted by molar-refractivity contribution is -0.357. The predicted molar refractivity (Wildman–Crippen MR) is 66.7 cm³/mol. The van der Waals surface area contributed by atoms with Crippen LogP contribution in [0.1, 0.15) is 53.4 Å². The molecule has 1 fully saturated rings. The van der Waals surface area contributed by atoms with Crippen molar-refractivity contribution >= 4 is 5.97 Å². The summed E-state index contributed by atoms with van der Waals surface area (Å²) >= 11 is 0. The summed E-state index contributed by atoms with van der Waals surface area (Å²) in [5.74, 6) is -2.49. The third-order valence-electron chi connectivity index (χ3n) is 3.92. The Morgan fingerprint density at radius 2 is 2.11 bits per heavy atom. The Labute approximate surface area is 110 Å². The second kappa shape index (κ2) is 6.53. The van der Waals surface area contributed by atoms with E-state index >= 15 is 0 Å². The van der Waals surface area contributed by atoms with Gasteiger partial charge >= 0.3 is 0 Å². The van der Waals surface area contributed by atoms with Gasteiger partial charge in [-0.2, -0.15) is 0 Å². The lowest BCUT2D eigenvalue weighted by atomic mass is 9.90. The number of rotatable bonds is 6. The van der Waals surface area contributed by atoms with Gasteiger partial charge in [0.2, 0.25) is 0 Å². The summed E-state index contributed by atoms with van der Waals surface area (Å²) in [6.07, 6.45) is 3.50. The highest BCUT2D eigenvalue weighted by Gasteiger charge is 2.44. The maximum atomic E-state index is 11.2. The molecular weight excluding hydrogens is 232 g/mol. The van der Waals surface area contributed by atoms with Crippen molar-refractivity contribution in [1.82, 2.24) is 0 Å². The zero-order valence-electron chi connectivity index (χ0n) is 11.9. The molecule has 0 radical (unpaired) electrons. The number of carboxylic acids is 1. The average Bonchev–Trinajstić information content (AvgIpc) is 2.30. The first-order valence-electron chi connectivity index (χ1n) is 7.01. The summed E-state index contributed by atoms with van der Waals surface area (Å²) in [7, 11) is 0. The van der Waals surface area contributed by atoms with Crippen LogP contribution in [-0.4, -0.2) is 24.5 Å². The van der Waals surface area contributed by atoms with Crippen LogP contribution in [0.25, 0.3) is 0 Å². The summed E-state index contributed by atoms with van der Waals surface area (Å²) in [5, 5.41) is 11.2. The van der Waals surface area contributed by atoms with E-state index in [0.29, 0.717) is 18.9 Å². The zero-order chi connectivity index (χ0) is 13.8. The molecule has 1 aliphatic heterocycles. The Bertz CT molecular complexity index is 279. The molecule has 1 saturated heterocycles. The molecule has 0 N–H and O–H groups in total. The lowest BCUT2D eigenvalue weighted by Crippen LogP contribution is -2.55. The quantitative estimate of drug-likeness (QED) is 0.727. The van der Waals surface area contributed by atoms with Crippen molar-refractivity contribution < 1.29 is 19.4 Å². The normalized spacial score (nSPS) is 34.2. The molecule has 0 aliphatic carbocycles. The van der Waals surface area contributed by atoms with Crippen molar-refractivity contribution in [3.8, 4) is 0 Å². The van der Waals surface area contributed by atoms with Crippen molar-refractivity contribution in [3.05, 3.63) is 0 Å². The Hall–Kier alpha value is -0.610. The van der Waals surface area contributed by atoms with Crippen LogP contribution in [0, 0.1) is 11.8 Å². The van der Waals surface area contributed by atoms with Crippen LogP contribution in [0.3, 0.4) is 0 Å². The molecule has 0 amide bonds. The third kappa shape index (κ3) is 3.23. The zero-order valence-corrected chi connectivity index (χ0v) is 11.9. The van der Waals surface area contributed by atoms with E-state index < -0.39 is 17.7 Å². The average molecular weight is 257 g/mol. The minimum atomic E-state index is -1.09. The first-order valence-corrected chi connectivity index (χ1v) is 7.01. The van der Waals surface area contributed by atoms with Crippen LogP contribution >= 0.6 is 0 Å². The maximum absolute atomic E-state index is 11.2. The van der Waals surface area contributed by atoms with E-state index in [-0.39, 0.29) is 6.10 Å². The van der Waals surface area contributed by atoms with Gasteiger partial charge in [-0.25, -0.2) is 0 Å². The second-order valence-electron chi connectivity index (χ2n) is 5.22. The molecular formula is C14H25O4-. The van der Waals surface area contributed by atoms with Gasteiger partial charge in [0.15, 0.2) is 5.79 Å². The molecule has 0 spiro atoms. The number of hydrogen-bond acceptors (Lipinski definition) is 4. The van der Waals surface area contributed by atoms with E-state index in [4.69, 9.17) is 9.47 Å². The van der Waals surface area contributed by atoms with Crippen LogP contribution in [0.2, 0.25) is 0 Å². The number of carbonyl (C=O) groups excluding carboxylic acids is 1. The molecule has 4 atom stereocenters. The van der Waals surface area contributed by atoms with E-state index in [2.05, 4.69) is 13.8 Å². The largest absolute Gasteiger partial charge is 0.550 e. The van der Waals surface area contributed by atoms with Crippen molar-refractivity contribution in [2.75, 3.05) is 6.61 Å². The van der Waals surface area contributed by atoms with Crippen LogP contribution in [0.15, 0.2) is 0 Å². The first kappa shape index (κ1) is 15.4. The van der Waals surface area contributed by atoms with Crippen molar-refractivity contribution in [3.63, 3.8) is 0 Å². The molecule has 0 aromatic rings. The van der Waals surface area contributed by atoms with Gasteiger partial charge in [-0.1, -0.05) is 27.2 Å². The van der Waals surface area contributed by atoms with Crippen LogP contribution in [-0.2, 0) is 14.3 Å². The number of aliphatic carboxylic acids is 1. The van der Waals surface area contributed by atoms with Gasteiger partial charge in [0.25, 0.3) is 0 Å². The van der Waals surface area contributed by atoms with E-state index in [0.717, 1.165) is 19.3 Å². The van der Waals surface area contributed by atoms with E-state index in [1.165, 1.54) is 0 Å². The van der Waals surface area contributed by atoms with Gasteiger partial charge < -0.3 is 19.4 Å². The molecule has 4 unspecified atom stereocenters. The van der Waals surface area contributed by atoms with Gasteiger partial charge in [0.05, 0.1) is 18.6 Å². The monoisotopic (exact) mass is 257 g/mol. The molecule has 0 saturated carbocycles. The summed E-state index contributed by atoms with van der Waals surface area (Å²) < 4.78 is 11.7. The number of carbonyl (C=O) groups is 1. The van der Waals surface area contributed by atoms with Crippen LogP contribution < -0.4 is 5.11 Å². The SMILES string of the molecule is CCCC1OC(C)(C(CC)C(=O)[O-])OCC1CC. The van der Waals surface area contributed by atoms with E-state index in [9.17, 15) is 9.90 Å². The molecule has 0 aromatic carbocycles. The molecule has 1 heterocycles. The van der Waals surface area contributed by atoms with Gasteiger partial charge in [0, 0.05) is 11.9 Å². The molecule has 0 aromatic heterocycles. The van der Waals surface area contributed by atoms with Crippen molar-refractivity contribution in [2.24, 2.45) is 11.8 Å². The number of ether oxygens (including phenoxy) is 2. The summed E-state index contributed by atoms with van der Waals surface area (Å²) in [6, 6.07) is 0. The first-order chi connectivity index (χ1) is 8.48. The summed E-state index contributed by atoms with van der Waals surface area (Å²) in [5.41, 5.74) is 0. The second-order valence-corrected chi connectivity index (χ2v) is 5.22. The molecule has 1 aliphatic rings. The van der Waals surface area contributed by atoms with Crippen molar-refractivity contribution in [2.45, 2.75) is 65.3 Å². The number of hydrogen-bond donors (Lipinski definition) is 0.